The van der Waals surface area contributed by atoms with E-state index in [2.05, 4.69) is 19.8 Å². The summed E-state index contributed by atoms with van der Waals surface area (Å²) in [7, 11) is -2.10. The monoisotopic (exact) mass is 376 g/mol. The van der Waals surface area contributed by atoms with E-state index in [-0.39, 0.29) is 17.9 Å². The van der Waals surface area contributed by atoms with E-state index in [0.29, 0.717) is 22.0 Å². The summed E-state index contributed by atoms with van der Waals surface area (Å²) in [5, 5.41) is 18.8. The van der Waals surface area contributed by atoms with Crippen LogP contribution in [0.3, 0.4) is 0 Å². The lowest BCUT2D eigenvalue weighted by Gasteiger charge is -2.14. The predicted octanol–water partition coefficient (Wildman–Crippen LogP) is 1.46. The summed E-state index contributed by atoms with van der Waals surface area (Å²) in [6, 6.07) is 6.04. The molecule has 0 saturated carbocycles. The zero-order valence-corrected chi connectivity index (χ0v) is 13.9. The van der Waals surface area contributed by atoms with Crippen LogP contribution in [0.15, 0.2) is 30.5 Å². The molecule has 0 aliphatic heterocycles. The molecule has 7 nitrogen and oxygen atoms in total. The molecule has 1 aromatic carbocycles. The molecule has 3 rings (SSSR count). The number of anilines is 1. The second-order valence-electron chi connectivity index (χ2n) is 5.68. The van der Waals surface area contributed by atoms with Crippen molar-refractivity contribution in [2.75, 3.05) is 5.73 Å². The lowest BCUT2D eigenvalue weighted by atomic mass is 9.77. The summed E-state index contributed by atoms with van der Waals surface area (Å²) in [5.41, 5.74) is 5.16. The molecule has 2 heterocycles. The van der Waals surface area contributed by atoms with E-state index in [1.165, 1.54) is 0 Å². The number of alkyl halides is 3. The van der Waals surface area contributed by atoms with E-state index in [4.69, 9.17) is 5.73 Å². The van der Waals surface area contributed by atoms with E-state index in [1.54, 1.807) is 25.1 Å². The Balaban J connectivity index is 2.17. The van der Waals surface area contributed by atoms with E-state index < -0.39 is 24.5 Å². The number of benzene rings is 1. The molecule has 0 aliphatic carbocycles. The van der Waals surface area contributed by atoms with Gasteiger partial charge >= 0.3 is 13.3 Å². The van der Waals surface area contributed by atoms with Crippen molar-refractivity contribution in [1.29, 1.82) is 0 Å². The zero-order chi connectivity index (χ0) is 19.8. The van der Waals surface area contributed by atoms with Crippen LogP contribution in [0.25, 0.3) is 21.9 Å². The number of halogens is 3. The number of aryl methyl sites for hydroxylation is 1. The van der Waals surface area contributed by atoms with Gasteiger partial charge in [-0.15, -0.1) is 5.10 Å². The number of nitrogens with zero attached hydrogens (tertiary/aromatic N) is 3. The molecule has 11 heteroatoms. The van der Waals surface area contributed by atoms with Gasteiger partial charge in [0.05, 0.1) is 5.69 Å². The maximum absolute atomic E-state index is 13.1. The van der Waals surface area contributed by atoms with Crippen molar-refractivity contribution in [2.24, 2.45) is 0 Å². The number of rotatable bonds is 4. The van der Waals surface area contributed by atoms with Crippen molar-refractivity contribution in [3.05, 3.63) is 41.9 Å². The van der Waals surface area contributed by atoms with Crippen LogP contribution < -0.4 is 11.2 Å². The molecule has 0 amide bonds. The van der Waals surface area contributed by atoms with Crippen LogP contribution in [0.1, 0.15) is 11.4 Å². The fraction of sp³-hybridized carbons (Fsp3) is 0.125. The van der Waals surface area contributed by atoms with Crippen LogP contribution >= 0.6 is 0 Å². The quantitative estimate of drug-likeness (QED) is 0.524. The predicted molar refractivity (Wildman–Crippen MR) is 91.7 cm³/mol. The number of carbonyl (C=O) groups excluding carboxylic acids is 1. The van der Waals surface area contributed by atoms with Crippen LogP contribution in [-0.4, -0.2) is 33.8 Å². The first-order valence-electron chi connectivity index (χ1n) is 7.59. The number of hydrogen-bond acceptors (Lipinski definition) is 7. The first kappa shape index (κ1) is 18.6. The third-order valence-electron chi connectivity index (χ3n) is 3.96. The molecule has 0 bridgehead atoms. The van der Waals surface area contributed by atoms with E-state index >= 15 is 0 Å². The molecule has 138 valence electrons. The lowest BCUT2D eigenvalue weighted by Crippen LogP contribution is -2.39. The molecular weight excluding hydrogens is 364 g/mol. The average molecular weight is 376 g/mol. The van der Waals surface area contributed by atoms with E-state index in [0.717, 1.165) is 12.3 Å². The SMILES string of the molecule is Cc1nnc(N)c2ccc(-c3cnc(C(F)(F)F)c(B(O)OC=O)c3)cc12. The maximum Gasteiger partial charge on any atom is 0.564 e. The number of hydrogen-bond donors (Lipinski definition) is 2. The molecule has 0 radical (unpaired) electrons. The summed E-state index contributed by atoms with van der Waals surface area (Å²) in [6.07, 6.45) is -3.81. The fourth-order valence-corrected chi connectivity index (χ4v) is 2.67. The van der Waals surface area contributed by atoms with Crippen molar-refractivity contribution in [3.8, 4) is 11.1 Å². The zero-order valence-electron chi connectivity index (χ0n) is 13.9. The van der Waals surface area contributed by atoms with Gasteiger partial charge in [-0.2, -0.15) is 18.3 Å². The second kappa shape index (κ2) is 6.84. The molecular formula is C16H12BF3N4O3. The Kier molecular flexibility index (Phi) is 4.71. The third-order valence-corrected chi connectivity index (χ3v) is 3.96. The molecule has 2 aromatic heterocycles. The van der Waals surface area contributed by atoms with Crippen molar-refractivity contribution in [3.63, 3.8) is 0 Å². The van der Waals surface area contributed by atoms with Gasteiger partial charge in [-0.1, -0.05) is 6.07 Å². The van der Waals surface area contributed by atoms with Crippen molar-refractivity contribution in [1.82, 2.24) is 15.2 Å². The highest BCUT2D eigenvalue weighted by Crippen LogP contribution is 2.30. The number of fused-ring (bicyclic) bond motifs is 1. The standard InChI is InChI=1S/C16H12BF3N4O3/c1-8-12-4-9(2-3-11(12)15(21)24-23-8)10-5-13(17(26)27-7-25)14(22-6-10)16(18,19)20/h2-7,26H,1H3,(H2,21,24). The van der Waals surface area contributed by atoms with Gasteiger partial charge in [-0.05, 0) is 36.2 Å². The largest absolute Gasteiger partial charge is 0.564 e. The molecule has 3 N–H and O–H groups in total. The molecule has 0 unspecified atom stereocenters. The summed E-state index contributed by atoms with van der Waals surface area (Å²) < 4.78 is 43.7. The Morgan fingerprint density at radius 3 is 2.59 bits per heavy atom. The molecule has 0 aliphatic rings. The van der Waals surface area contributed by atoms with Crippen LogP contribution in [-0.2, 0) is 15.6 Å². The summed E-state index contributed by atoms with van der Waals surface area (Å²) in [5.74, 6) is 0.225. The van der Waals surface area contributed by atoms with Crippen LogP contribution in [0.2, 0.25) is 0 Å². The molecule has 3 aromatic rings. The molecule has 0 saturated heterocycles. The van der Waals surface area contributed by atoms with Gasteiger partial charge in [0.2, 0.25) is 0 Å². The Bertz CT molecular complexity index is 1030. The van der Waals surface area contributed by atoms with Crippen molar-refractivity contribution < 1.29 is 27.6 Å². The fourth-order valence-electron chi connectivity index (χ4n) is 2.67. The summed E-state index contributed by atoms with van der Waals surface area (Å²) >= 11 is 0. The van der Waals surface area contributed by atoms with Gasteiger partial charge in [0.1, 0.15) is 5.69 Å². The van der Waals surface area contributed by atoms with E-state index in [1.807, 2.05) is 0 Å². The summed E-state index contributed by atoms with van der Waals surface area (Å²) in [4.78, 5) is 13.8. The van der Waals surface area contributed by atoms with Crippen LogP contribution in [0.4, 0.5) is 19.0 Å². The minimum atomic E-state index is -4.83. The minimum Gasteiger partial charge on any atom is -0.508 e. The summed E-state index contributed by atoms with van der Waals surface area (Å²) in [6.45, 7) is 1.58. The van der Waals surface area contributed by atoms with Crippen molar-refractivity contribution >= 4 is 35.6 Å². The first-order chi connectivity index (χ1) is 12.7. The second-order valence-corrected chi connectivity index (χ2v) is 5.68. The Hall–Kier alpha value is -3.21. The molecule has 0 atom stereocenters. The molecule has 0 fully saturated rings. The number of aromatic nitrogens is 3. The minimum absolute atomic E-state index is 0.141. The molecule has 0 spiro atoms. The molecule has 27 heavy (non-hydrogen) atoms. The van der Waals surface area contributed by atoms with Gasteiger partial charge in [0.25, 0.3) is 6.47 Å². The average Bonchev–Trinajstić information content (AvgIpc) is 2.63. The smallest absolute Gasteiger partial charge is 0.508 e. The van der Waals surface area contributed by atoms with Gasteiger partial charge < -0.3 is 15.4 Å². The normalized spacial score (nSPS) is 11.4. The van der Waals surface area contributed by atoms with Gasteiger partial charge in [-0.3, -0.25) is 9.78 Å². The highest BCUT2D eigenvalue weighted by Gasteiger charge is 2.39. The number of nitrogen functional groups attached to an aromatic ring is 1. The number of carbonyl (C=O) groups is 1. The van der Waals surface area contributed by atoms with Gasteiger partial charge in [0, 0.05) is 22.4 Å². The highest BCUT2D eigenvalue weighted by molar-refractivity contribution is 6.61. The van der Waals surface area contributed by atoms with Crippen molar-refractivity contribution in [2.45, 2.75) is 13.1 Å². The van der Waals surface area contributed by atoms with Gasteiger partial charge in [-0.25, -0.2) is 0 Å². The Morgan fingerprint density at radius 1 is 1.19 bits per heavy atom. The highest BCUT2D eigenvalue weighted by atomic mass is 19.4. The van der Waals surface area contributed by atoms with E-state index in [9.17, 15) is 23.0 Å². The lowest BCUT2D eigenvalue weighted by molar-refractivity contribution is -0.140. The Morgan fingerprint density at radius 2 is 1.93 bits per heavy atom. The van der Waals surface area contributed by atoms with Crippen LogP contribution in [0.5, 0.6) is 0 Å². The third kappa shape index (κ3) is 3.54. The topological polar surface area (TPSA) is 111 Å². The van der Waals surface area contributed by atoms with Gasteiger partial charge in [0.15, 0.2) is 5.82 Å². The first-order valence-corrected chi connectivity index (χ1v) is 7.59. The maximum atomic E-state index is 13.1. The number of pyridine rings is 1. The number of nitrogens with two attached hydrogens (primary N) is 1. The Labute approximate surface area is 151 Å². The van der Waals surface area contributed by atoms with Crippen LogP contribution in [0, 0.1) is 6.92 Å².